The molecule has 0 atom stereocenters. The van der Waals surface area contributed by atoms with Gasteiger partial charge < -0.3 is 5.32 Å². The van der Waals surface area contributed by atoms with Gasteiger partial charge in [0.1, 0.15) is 5.71 Å². The Balaban J connectivity index is 1.99. The molecule has 0 saturated heterocycles. The molecule has 2 aromatic rings. The van der Waals surface area contributed by atoms with Crippen LogP contribution in [-0.4, -0.2) is 21.4 Å². The normalized spacial score (nSPS) is 16.1. The number of fused-ring (bicyclic) bond motifs is 3. The van der Waals surface area contributed by atoms with Crippen molar-refractivity contribution in [2.24, 2.45) is 5.10 Å². The molecular formula is C16H14Cl2N6O. The molecule has 9 heteroatoms. The Labute approximate surface area is 153 Å². The average Bonchev–Trinajstić information content (AvgIpc) is 2.89. The van der Waals surface area contributed by atoms with Gasteiger partial charge in [-0.3, -0.25) is 15.1 Å². The van der Waals surface area contributed by atoms with Crippen LogP contribution in [0.5, 0.6) is 0 Å². The second-order valence-electron chi connectivity index (χ2n) is 5.89. The molecule has 4 rings (SSSR count). The number of carbonyl (C=O) groups is 1. The van der Waals surface area contributed by atoms with Crippen LogP contribution in [0.25, 0.3) is 5.82 Å². The maximum absolute atomic E-state index is 12.8. The minimum absolute atomic E-state index is 0.242. The van der Waals surface area contributed by atoms with Crippen LogP contribution in [0.15, 0.2) is 29.1 Å². The first-order valence-electron chi connectivity index (χ1n) is 7.55. The van der Waals surface area contributed by atoms with E-state index in [0.29, 0.717) is 38.8 Å². The molecule has 2 aliphatic rings. The van der Waals surface area contributed by atoms with E-state index in [1.165, 1.54) is 4.90 Å². The van der Waals surface area contributed by atoms with Gasteiger partial charge in [-0.25, -0.2) is 4.68 Å². The predicted molar refractivity (Wildman–Crippen MR) is 98.7 cm³/mol. The zero-order valence-corrected chi connectivity index (χ0v) is 15.2. The van der Waals surface area contributed by atoms with Crippen molar-refractivity contribution in [1.29, 1.82) is 0 Å². The summed E-state index contributed by atoms with van der Waals surface area (Å²) in [5, 5.41) is 12.6. The van der Waals surface area contributed by atoms with Gasteiger partial charge in [0.2, 0.25) is 0 Å². The van der Waals surface area contributed by atoms with Gasteiger partial charge in [0.25, 0.3) is 5.91 Å². The van der Waals surface area contributed by atoms with E-state index in [9.17, 15) is 4.79 Å². The van der Waals surface area contributed by atoms with E-state index in [0.717, 1.165) is 11.4 Å². The number of benzene rings is 1. The van der Waals surface area contributed by atoms with Crippen LogP contribution in [0.1, 0.15) is 18.3 Å². The zero-order valence-electron chi connectivity index (χ0n) is 13.7. The summed E-state index contributed by atoms with van der Waals surface area (Å²) in [4.78, 5) is 14.3. The molecule has 0 radical (unpaired) electrons. The lowest BCUT2D eigenvalue weighted by molar-refractivity contribution is -0.112. The predicted octanol–water partition coefficient (Wildman–Crippen LogP) is 3.33. The van der Waals surface area contributed by atoms with Crippen molar-refractivity contribution in [2.45, 2.75) is 20.8 Å². The Morgan fingerprint density at radius 1 is 1.04 bits per heavy atom. The number of nitrogens with one attached hydrogen (secondary N) is 2. The van der Waals surface area contributed by atoms with Gasteiger partial charge in [-0.05, 0) is 39.0 Å². The highest BCUT2D eigenvalue weighted by Crippen LogP contribution is 2.41. The van der Waals surface area contributed by atoms with Crippen molar-refractivity contribution in [1.82, 2.24) is 15.2 Å². The number of aryl methyl sites for hydroxylation is 2. The highest BCUT2D eigenvalue weighted by Gasteiger charge is 2.36. The monoisotopic (exact) mass is 376 g/mol. The zero-order chi connectivity index (χ0) is 17.9. The van der Waals surface area contributed by atoms with E-state index < -0.39 is 0 Å². The van der Waals surface area contributed by atoms with E-state index in [-0.39, 0.29) is 5.91 Å². The summed E-state index contributed by atoms with van der Waals surface area (Å²) in [6, 6.07) is 5.29. The molecule has 0 fully saturated rings. The van der Waals surface area contributed by atoms with Gasteiger partial charge in [0, 0.05) is 5.69 Å². The number of hydrazone groups is 1. The largest absolute Gasteiger partial charge is 0.335 e. The third kappa shape index (κ3) is 2.39. The Morgan fingerprint density at radius 3 is 2.44 bits per heavy atom. The van der Waals surface area contributed by atoms with E-state index in [2.05, 4.69) is 20.9 Å². The molecule has 0 saturated carbocycles. The molecule has 3 heterocycles. The van der Waals surface area contributed by atoms with Crippen molar-refractivity contribution in [3.8, 4) is 0 Å². The Bertz CT molecular complexity index is 991. The molecule has 0 bridgehead atoms. The smallest absolute Gasteiger partial charge is 0.280 e. The summed E-state index contributed by atoms with van der Waals surface area (Å²) in [6.07, 6.45) is 0. The average molecular weight is 377 g/mol. The molecule has 25 heavy (non-hydrogen) atoms. The maximum atomic E-state index is 12.8. The SMILES string of the molecule is CC1=NNC2=C(n3nc(C)cc3C)Nc3cc(Cl)c(Cl)cc3N2C1=O. The maximum Gasteiger partial charge on any atom is 0.280 e. The van der Waals surface area contributed by atoms with E-state index in [1.54, 1.807) is 23.7 Å². The Kier molecular flexibility index (Phi) is 3.52. The van der Waals surface area contributed by atoms with E-state index in [1.807, 2.05) is 19.9 Å². The van der Waals surface area contributed by atoms with Crippen LogP contribution in [-0.2, 0) is 4.79 Å². The summed E-state index contributed by atoms with van der Waals surface area (Å²) < 4.78 is 1.72. The summed E-state index contributed by atoms with van der Waals surface area (Å²) in [6.45, 7) is 5.49. The molecule has 0 unspecified atom stereocenters. The number of anilines is 2. The lowest BCUT2D eigenvalue weighted by Gasteiger charge is -2.36. The molecule has 7 nitrogen and oxygen atoms in total. The lowest BCUT2D eigenvalue weighted by Crippen LogP contribution is -2.47. The first-order chi connectivity index (χ1) is 11.9. The second kappa shape index (κ2) is 5.50. The van der Waals surface area contributed by atoms with Crippen molar-refractivity contribution in [3.05, 3.63) is 45.5 Å². The van der Waals surface area contributed by atoms with Crippen LogP contribution in [0.2, 0.25) is 10.0 Å². The number of hydrogen-bond acceptors (Lipinski definition) is 5. The van der Waals surface area contributed by atoms with E-state index >= 15 is 0 Å². The number of halogens is 2. The topological polar surface area (TPSA) is 74.6 Å². The lowest BCUT2D eigenvalue weighted by atomic mass is 10.1. The second-order valence-corrected chi connectivity index (χ2v) is 6.71. The van der Waals surface area contributed by atoms with Gasteiger partial charge in [0.05, 0.1) is 27.1 Å². The number of aromatic nitrogens is 2. The van der Waals surface area contributed by atoms with Crippen molar-refractivity contribution >= 4 is 52.0 Å². The molecule has 1 aromatic carbocycles. The van der Waals surface area contributed by atoms with Crippen molar-refractivity contribution in [3.63, 3.8) is 0 Å². The Morgan fingerprint density at radius 2 is 1.76 bits per heavy atom. The number of amides is 1. The first-order valence-corrected chi connectivity index (χ1v) is 8.31. The summed E-state index contributed by atoms with van der Waals surface area (Å²) in [5.41, 5.74) is 6.31. The highest BCUT2D eigenvalue weighted by atomic mass is 35.5. The molecule has 2 aliphatic heterocycles. The third-order valence-electron chi connectivity index (χ3n) is 4.04. The minimum Gasteiger partial charge on any atom is -0.335 e. The summed E-state index contributed by atoms with van der Waals surface area (Å²) >= 11 is 12.3. The van der Waals surface area contributed by atoms with Crippen LogP contribution in [0, 0.1) is 13.8 Å². The molecule has 128 valence electrons. The first kappa shape index (κ1) is 16.0. The number of carbonyl (C=O) groups excluding carboxylic acids is 1. The third-order valence-corrected chi connectivity index (χ3v) is 4.77. The van der Waals surface area contributed by atoms with Gasteiger partial charge in [-0.1, -0.05) is 23.2 Å². The standard InChI is InChI=1S/C16H14Cl2N6O/c1-7-4-8(2)24(22-7)14-15-21-20-9(3)16(25)23(15)13-6-11(18)10(17)5-12(13)19-14/h4-6,19,21H,1-3H3. The van der Waals surface area contributed by atoms with Crippen LogP contribution in [0.3, 0.4) is 0 Å². The Hall–Kier alpha value is -2.51. The molecule has 0 aliphatic carbocycles. The number of rotatable bonds is 1. The molecular weight excluding hydrogens is 363 g/mol. The number of hydrogen-bond donors (Lipinski definition) is 2. The van der Waals surface area contributed by atoms with Crippen LogP contribution in [0.4, 0.5) is 11.4 Å². The van der Waals surface area contributed by atoms with Crippen molar-refractivity contribution in [2.75, 3.05) is 10.2 Å². The molecule has 1 amide bonds. The minimum atomic E-state index is -0.242. The van der Waals surface area contributed by atoms with Gasteiger partial charge >= 0.3 is 0 Å². The highest BCUT2D eigenvalue weighted by molar-refractivity contribution is 6.46. The fourth-order valence-corrected chi connectivity index (χ4v) is 3.22. The van der Waals surface area contributed by atoms with Gasteiger partial charge in [0.15, 0.2) is 11.6 Å². The van der Waals surface area contributed by atoms with Crippen LogP contribution >= 0.6 is 23.2 Å². The van der Waals surface area contributed by atoms with Gasteiger partial charge in [-0.15, -0.1) is 0 Å². The molecule has 0 spiro atoms. The molecule has 1 aromatic heterocycles. The number of nitrogens with zero attached hydrogens (tertiary/aromatic N) is 4. The summed E-state index contributed by atoms with van der Waals surface area (Å²) in [5.74, 6) is 0.822. The fourth-order valence-electron chi connectivity index (χ4n) is 2.90. The summed E-state index contributed by atoms with van der Waals surface area (Å²) in [7, 11) is 0. The van der Waals surface area contributed by atoms with Crippen LogP contribution < -0.4 is 15.6 Å². The van der Waals surface area contributed by atoms with Gasteiger partial charge in [-0.2, -0.15) is 10.2 Å². The van der Waals surface area contributed by atoms with Crippen molar-refractivity contribution < 1.29 is 4.79 Å². The fraction of sp³-hybridized carbons (Fsp3) is 0.188. The molecule has 2 N–H and O–H groups in total. The van der Waals surface area contributed by atoms with E-state index in [4.69, 9.17) is 23.2 Å². The quantitative estimate of drug-likeness (QED) is 0.800.